The van der Waals surface area contributed by atoms with Gasteiger partial charge in [-0.05, 0) is 12.2 Å². The van der Waals surface area contributed by atoms with Crippen LogP contribution in [0.5, 0.6) is 0 Å². The standard InChI is InChI=1S/C9H12O5/c1-13-8-7(11)6(5-10)3-4-9(8,12)14-2/h3-5,8,11-12H,1-2H3. The normalized spacial score (nSPS) is 32.1. The second kappa shape index (κ2) is 3.91. The Hall–Kier alpha value is -1.17. The van der Waals surface area contributed by atoms with Crippen molar-refractivity contribution in [1.82, 2.24) is 0 Å². The highest BCUT2D eigenvalue weighted by atomic mass is 16.6. The second-order valence-corrected chi connectivity index (χ2v) is 2.86. The third-order valence-corrected chi connectivity index (χ3v) is 2.11. The van der Waals surface area contributed by atoms with Gasteiger partial charge in [0, 0.05) is 14.2 Å². The molecule has 78 valence electrons. The van der Waals surface area contributed by atoms with E-state index in [2.05, 4.69) is 0 Å². The van der Waals surface area contributed by atoms with Crippen LogP contribution in [0.3, 0.4) is 0 Å². The highest BCUT2D eigenvalue weighted by molar-refractivity contribution is 5.79. The molecule has 1 rings (SSSR count). The Morgan fingerprint density at radius 3 is 2.64 bits per heavy atom. The van der Waals surface area contributed by atoms with Gasteiger partial charge in [-0.1, -0.05) is 0 Å². The summed E-state index contributed by atoms with van der Waals surface area (Å²) in [6.07, 6.45) is 1.93. The number of aldehydes is 1. The number of methoxy groups -OCH3 is 2. The number of ether oxygens (including phenoxy) is 2. The van der Waals surface area contributed by atoms with Crippen molar-refractivity contribution in [2.24, 2.45) is 0 Å². The Morgan fingerprint density at radius 1 is 1.57 bits per heavy atom. The first-order valence-electron chi connectivity index (χ1n) is 3.97. The fourth-order valence-electron chi connectivity index (χ4n) is 1.28. The fourth-order valence-corrected chi connectivity index (χ4v) is 1.28. The van der Waals surface area contributed by atoms with Gasteiger partial charge in [0.1, 0.15) is 5.76 Å². The van der Waals surface area contributed by atoms with Crippen molar-refractivity contribution in [2.45, 2.75) is 11.9 Å². The molecule has 0 amide bonds. The number of hydrogen-bond donors (Lipinski definition) is 2. The van der Waals surface area contributed by atoms with Crippen molar-refractivity contribution in [1.29, 1.82) is 0 Å². The first kappa shape index (κ1) is 10.9. The molecule has 0 radical (unpaired) electrons. The average molecular weight is 200 g/mol. The van der Waals surface area contributed by atoms with Crippen LogP contribution < -0.4 is 0 Å². The van der Waals surface area contributed by atoms with Gasteiger partial charge in [-0.2, -0.15) is 0 Å². The molecule has 5 heteroatoms. The molecule has 0 bridgehead atoms. The van der Waals surface area contributed by atoms with Gasteiger partial charge < -0.3 is 19.7 Å². The number of aliphatic hydroxyl groups excluding tert-OH is 1. The Labute approximate surface area is 81.3 Å². The number of rotatable bonds is 3. The van der Waals surface area contributed by atoms with Gasteiger partial charge in [0.25, 0.3) is 0 Å². The highest BCUT2D eigenvalue weighted by Crippen LogP contribution is 2.28. The maximum Gasteiger partial charge on any atom is 0.220 e. The number of allylic oxidation sites excluding steroid dienone is 2. The molecule has 2 N–H and O–H groups in total. The Morgan fingerprint density at radius 2 is 2.21 bits per heavy atom. The van der Waals surface area contributed by atoms with E-state index in [9.17, 15) is 15.0 Å². The van der Waals surface area contributed by atoms with Gasteiger partial charge in [-0.25, -0.2) is 0 Å². The summed E-state index contributed by atoms with van der Waals surface area (Å²) in [5, 5.41) is 19.3. The molecule has 0 saturated heterocycles. The summed E-state index contributed by atoms with van der Waals surface area (Å²) in [5.41, 5.74) is 0.0681. The lowest BCUT2D eigenvalue weighted by molar-refractivity contribution is -0.213. The third kappa shape index (κ3) is 1.57. The van der Waals surface area contributed by atoms with E-state index in [1.54, 1.807) is 0 Å². The van der Waals surface area contributed by atoms with Crippen LogP contribution in [0.2, 0.25) is 0 Å². The third-order valence-electron chi connectivity index (χ3n) is 2.11. The molecule has 0 aromatic carbocycles. The molecule has 2 unspecified atom stereocenters. The van der Waals surface area contributed by atoms with Gasteiger partial charge in [0.2, 0.25) is 5.79 Å². The number of aliphatic hydroxyl groups is 2. The van der Waals surface area contributed by atoms with Gasteiger partial charge in [-0.3, -0.25) is 4.79 Å². The molecule has 2 atom stereocenters. The Balaban J connectivity index is 3.10. The monoisotopic (exact) mass is 200 g/mol. The molecule has 14 heavy (non-hydrogen) atoms. The predicted molar refractivity (Wildman–Crippen MR) is 47.6 cm³/mol. The lowest BCUT2D eigenvalue weighted by Gasteiger charge is -2.33. The molecular formula is C9H12O5. The Bertz CT molecular complexity index is 294. The van der Waals surface area contributed by atoms with E-state index in [1.807, 2.05) is 0 Å². The molecule has 0 aromatic heterocycles. The fraction of sp³-hybridized carbons (Fsp3) is 0.444. The quantitative estimate of drug-likeness (QED) is 0.492. The first-order valence-corrected chi connectivity index (χ1v) is 3.97. The topological polar surface area (TPSA) is 76.0 Å². The summed E-state index contributed by atoms with van der Waals surface area (Å²) in [6.45, 7) is 0. The molecule has 0 aliphatic heterocycles. The molecule has 5 nitrogen and oxygen atoms in total. The molecule has 0 aromatic rings. The van der Waals surface area contributed by atoms with E-state index in [0.29, 0.717) is 6.29 Å². The molecule has 0 fully saturated rings. The van der Waals surface area contributed by atoms with Crippen LogP contribution in [0.25, 0.3) is 0 Å². The zero-order valence-corrected chi connectivity index (χ0v) is 7.93. The minimum atomic E-state index is -1.73. The Kier molecular flexibility index (Phi) is 3.05. The molecule has 0 saturated carbocycles. The van der Waals surface area contributed by atoms with Crippen molar-refractivity contribution in [3.8, 4) is 0 Å². The van der Waals surface area contributed by atoms with Crippen molar-refractivity contribution >= 4 is 6.29 Å². The number of hydrogen-bond acceptors (Lipinski definition) is 5. The molecule has 1 aliphatic rings. The molecule has 0 heterocycles. The van der Waals surface area contributed by atoms with E-state index >= 15 is 0 Å². The number of carbonyl (C=O) groups excluding carboxylic acids is 1. The zero-order chi connectivity index (χ0) is 10.8. The van der Waals surface area contributed by atoms with Gasteiger partial charge in [0.15, 0.2) is 12.4 Å². The van der Waals surface area contributed by atoms with Crippen molar-refractivity contribution < 1.29 is 24.5 Å². The average Bonchev–Trinajstić information content (AvgIpc) is 2.19. The van der Waals surface area contributed by atoms with Crippen LogP contribution in [-0.2, 0) is 14.3 Å². The van der Waals surface area contributed by atoms with Gasteiger partial charge in [0.05, 0.1) is 5.57 Å². The van der Waals surface area contributed by atoms with Crippen LogP contribution in [-0.4, -0.2) is 42.6 Å². The maximum atomic E-state index is 10.5. The van der Waals surface area contributed by atoms with E-state index in [-0.39, 0.29) is 11.3 Å². The maximum absolute atomic E-state index is 10.5. The molecule has 1 aliphatic carbocycles. The van der Waals surface area contributed by atoms with Crippen LogP contribution in [0, 0.1) is 0 Å². The largest absolute Gasteiger partial charge is 0.509 e. The minimum Gasteiger partial charge on any atom is -0.509 e. The van der Waals surface area contributed by atoms with Crippen LogP contribution >= 0.6 is 0 Å². The number of carbonyl (C=O) groups is 1. The van der Waals surface area contributed by atoms with E-state index < -0.39 is 11.9 Å². The SMILES string of the molecule is COC1C(O)=C(C=O)C=CC1(O)OC. The predicted octanol–water partition coefficient (Wildman–Crippen LogP) is -0.0828. The lowest BCUT2D eigenvalue weighted by Crippen LogP contribution is -2.46. The first-order chi connectivity index (χ1) is 6.59. The summed E-state index contributed by atoms with van der Waals surface area (Å²) >= 11 is 0. The minimum absolute atomic E-state index is 0.0681. The zero-order valence-electron chi connectivity index (χ0n) is 7.93. The smallest absolute Gasteiger partial charge is 0.220 e. The van der Waals surface area contributed by atoms with E-state index in [0.717, 1.165) is 0 Å². The van der Waals surface area contributed by atoms with Crippen LogP contribution in [0.15, 0.2) is 23.5 Å². The van der Waals surface area contributed by atoms with Crippen molar-refractivity contribution in [3.05, 3.63) is 23.5 Å². The van der Waals surface area contributed by atoms with Crippen molar-refractivity contribution in [3.63, 3.8) is 0 Å². The molecule has 0 spiro atoms. The van der Waals surface area contributed by atoms with Crippen LogP contribution in [0.4, 0.5) is 0 Å². The lowest BCUT2D eigenvalue weighted by atomic mass is 9.97. The van der Waals surface area contributed by atoms with Gasteiger partial charge in [-0.15, -0.1) is 0 Å². The van der Waals surface area contributed by atoms with E-state index in [1.165, 1.54) is 26.4 Å². The highest BCUT2D eigenvalue weighted by Gasteiger charge is 2.41. The molecular weight excluding hydrogens is 188 g/mol. The van der Waals surface area contributed by atoms with Crippen molar-refractivity contribution in [2.75, 3.05) is 14.2 Å². The van der Waals surface area contributed by atoms with Crippen LogP contribution in [0.1, 0.15) is 0 Å². The second-order valence-electron chi connectivity index (χ2n) is 2.86. The summed E-state index contributed by atoms with van der Waals surface area (Å²) < 4.78 is 9.63. The summed E-state index contributed by atoms with van der Waals surface area (Å²) in [5.74, 6) is -2.07. The summed E-state index contributed by atoms with van der Waals surface area (Å²) in [7, 11) is 2.57. The summed E-state index contributed by atoms with van der Waals surface area (Å²) in [4.78, 5) is 10.5. The van der Waals surface area contributed by atoms with E-state index in [4.69, 9.17) is 9.47 Å². The summed E-state index contributed by atoms with van der Waals surface area (Å²) in [6, 6.07) is 0. The van der Waals surface area contributed by atoms with Gasteiger partial charge >= 0.3 is 0 Å².